The minimum atomic E-state index is -0.385. The lowest BCUT2D eigenvalue weighted by atomic mass is 10.1. The van der Waals surface area contributed by atoms with Gasteiger partial charge in [0.2, 0.25) is 5.95 Å². The molecule has 43 heavy (non-hydrogen) atoms. The van der Waals surface area contributed by atoms with E-state index in [2.05, 4.69) is 48.2 Å². The van der Waals surface area contributed by atoms with Crippen LogP contribution in [0.25, 0.3) is 11.2 Å². The van der Waals surface area contributed by atoms with Crippen LogP contribution in [0.5, 0.6) is 11.5 Å². The average molecular weight is 598 g/mol. The highest BCUT2D eigenvalue weighted by Crippen LogP contribution is 2.35. The predicted octanol–water partition coefficient (Wildman–Crippen LogP) is 8.00. The van der Waals surface area contributed by atoms with Crippen LogP contribution in [0.1, 0.15) is 49.1 Å². The van der Waals surface area contributed by atoms with E-state index >= 15 is 0 Å². The van der Waals surface area contributed by atoms with Crippen molar-refractivity contribution in [1.82, 2.24) is 19.5 Å². The normalized spacial score (nSPS) is 18.2. The molecule has 0 bridgehead atoms. The molecule has 1 N–H and O–H groups in total. The number of aromatic nitrogens is 4. The highest BCUT2D eigenvalue weighted by Gasteiger charge is 2.39. The third kappa shape index (κ3) is 6.92. The third-order valence-electron chi connectivity index (χ3n) is 7.64. The molecule has 2 aromatic heterocycles. The van der Waals surface area contributed by atoms with Crippen LogP contribution < -0.4 is 14.8 Å². The molecule has 0 radical (unpaired) electrons. The molecule has 1 aliphatic heterocycles. The molecule has 9 heteroatoms. The third-order valence-corrected chi connectivity index (χ3v) is 7.91. The van der Waals surface area contributed by atoms with Crippen LogP contribution >= 0.6 is 11.6 Å². The van der Waals surface area contributed by atoms with Gasteiger partial charge in [0, 0.05) is 12.1 Å². The van der Waals surface area contributed by atoms with Gasteiger partial charge < -0.3 is 19.5 Å². The highest BCUT2D eigenvalue weighted by atomic mass is 35.5. The molecule has 3 aromatic carbocycles. The number of imidazole rings is 1. The molecular formula is C34H36ClN5O3. The van der Waals surface area contributed by atoms with Gasteiger partial charge in [0.25, 0.3) is 0 Å². The summed E-state index contributed by atoms with van der Waals surface area (Å²) >= 11 is 6.58. The van der Waals surface area contributed by atoms with Gasteiger partial charge in [-0.3, -0.25) is 4.57 Å². The van der Waals surface area contributed by atoms with E-state index in [1.54, 1.807) is 6.33 Å². The Hall–Kier alpha value is -4.14. The molecule has 0 saturated carbocycles. The molecule has 8 nitrogen and oxygen atoms in total. The fourth-order valence-corrected chi connectivity index (χ4v) is 5.38. The van der Waals surface area contributed by atoms with Crippen LogP contribution in [0.3, 0.4) is 0 Å². The number of hydrogen-bond donors (Lipinski definition) is 1. The van der Waals surface area contributed by atoms with Crippen molar-refractivity contribution in [2.45, 2.75) is 64.9 Å². The smallest absolute Gasteiger partial charge is 0.230 e. The van der Waals surface area contributed by atoms with Crippen molar-refractivity contribution < 1.29 is 14.2 Å². The van der Waals surface area contributed by atoms with Crippen LogP contribution in [0, 0.1) is 13.8 Å². The predicted molar refractivity (Wildman–Crippen MR) is 169 cm³/mol. The molecule has 3 heterocycles. The second kappa shape index (κ2) is 13.0. The van der Waals surface area contributed by atoms with Crippen molar-refractivity contribution >= 4 is 34.4 Å². The Morgan fingerprint density at radius 1 is 0.930 bits per heavy atom. The van der Waals surface area contributed by atoms with Gasteiger partial charge >= 0.3 is 0 Å². The summed E-state index contributed by atoms with van der Waals surface area (Å²) in [6.45, 7) is 6.64. The van der Waals surface area contributed by atoms with E-state index in [0.717, 1.165) is 23.6 Å². The number of aryl methyl sites for hydroxylation is 3. The molecule has 0 aliphatic carbocycles. The van der Waals surface area contributed by atoms with Crippen molar-refractivity contribution in [1.29, 1.82) is 0 Å². The largest absolute Gasteiger partial charge is 0.491 e. The first kappa shape index (κ1) is 29.0. The Kier molecular flexibility index (Phi) is 8.77. The molecule has 6 rings (SSSR count). The van der Waals surface area contributed by atoms with Crippen LogP contribution in [0.15, 0.2) is 79.1 Å². The minimum absolute atomic E-state index is 0.253. The van der Waals surface area contributed by atoms with Gasteiger partial charge in [0.15, 0.2) is 10.8 Å². The molecule has 222 valence electrons. The zero-order chi connectivity index (χ0) is 29.8. The molecule has 1 fully saturated rings. The monoisotopic (exact) mass is 597 g/mol. The van der Waals surface area contributed by atoms with E-state index in [1.807, 2.05) is 65.2 Å². The van der Waals surface area contributed by atoms with Crippen LogP contribution in [0.2, 0.25) is 5.15 Å². The van der Waals surface area contributed by atoms with Crippen LogP contribution in [-0.2, 0) is 11.2 Å². The van der Waals surface area contributed by atoms with E-state index in [0.29, 0.717) is 30.1 Å². The lowest BCUT2D eigenvalue weighted by molar-refractivity contribution is -0.0341. The number of unbranched alkanes of at least 4 members (excludes halogenated alkanes) is 1. The van der Waals surface area contributed by atoms with Crippen molar-refractivity contribution in [2.75, 3.05) is 11.9 Å². The summed E-state index contributed by atoms with van der Waals surface area (Å²) in [5.74, 6) is 1.96. The fourth-order valence-electron chi connectivity index (χ4n) is 5.16. The van der Waals surface area contributed by atoms with E-state index in [-0.39, 0.29) is 23.6 Å². The second-order valence-electron chi connectivity index (χ2n) is 11.0. The molecular weight excluding hydrogens is 562 g/mol. The summed E-state index contributed by atoms with van der Waals surface area (Å²) in [4.78, 5) is 13.8. The number of nitrogens with one attached hydrogen (secondary N) is 1. The van der Waals surface area contributed by atoms with Gasteiger partial charge in [-0.15, -0.1) is 0 Å². The minimum Gasteiger partial charge on any atom is -0.491 e. The van der Waals surface area contributed by atoms with E-state index in [9.17, 15) is 0 Å². The molecule has 5 aromatic rings. The first-order valence-corrected chi connectivity index (χ1v) is 15.2. The number of anilines is 2. The molecule has 3 unspecified atom stereocenters. The van der Waals surface area contributed by atoms with Gasteiger partial charge in [-0.2, -0.15) is 9.97 Å². The van der Waals surface area contributed by atoms with Gasteiger partial charge in [0.05, 0.1) is 6.33 Å². The SMILES string of the molecule is CCCCc1ccc(Nc2nc(Cl)c3ncn(C4CC(Oc5ccc(C)cc5)C(COc5ccc(C)cc5)O4)c3n2)cc1. The average Bonchev–Trinajstić information content (AvgIpc) is 3.62. The van der Waals surface area contributed by atoms with Gasteiger partial charge in [-0.1, -0.05) is 72.5 Å². The van der Waals surface area contributed by atoms with Crippen LogP contribution in [0.4, 0.5) is 11.6 Å². The maximum absolute atomic E-state index is 6.58. The van der Waals surface area contributed by atoms with Crippen molar-refractivity contribution in [3.63, 3.8) is 0 Å². The molecule has 1 aliphatic rings. The first-order valence-electron chi connectivity index (χ1n) is 14.8. The summed E-state index contributed by atoms with van der Waals surface area (Å²) in [7, 11) is 0. The summed E-state index contributed by atoms with van der Waals surface area (Å²) < 4.78 is 21.0. The fraction of sp³-hybridized carbons (Fsp3) is 0.324. The first-order chi connectivity index (χ1) is 20.9. The molecule has 0 spiro atoms. The molecule has 3 atom stereocenters. The lowest BCUT2D eigenvalue weighted by Crippen LogP contribution is -2.32. The number of benzene rings is 3. The Morgan fingerprint density at radius 2 is 1.63 bits per heavy atom. The maximum atomic E-state index is 6.58. The maximum Gasteiger partial charge on any atom is 0.230 e. The van der Waals surface area contributed by atoms with E-state index in [4.69, 9.17) is 30.8 Å². The second-order valence-corrected chi connectivity index (χ2v) is 11.4. The van der Waals surface area contributed by atoms with Crippen molar-refractivity contribution in [3.8, 4) is 11.5 Å². The Balaban J connectivity index is 1.23. The highest BCUT2D eigenvalue weighted by molar-refractivity contribution is 6.33. The standard InChI is InChI=1S/C34H36ClN5O3/c1-4-5-6-24-11-13-25(14-12-24)37-34-38-32(35)31-33(39-34)40(21-36-31)30-19-28(42-27-17-9-23(3)10-18-27)29(43-30)20-41-26-15-7-22(2)8-16-26/h7-18,21,28-30H,4-6,19-20H2,1-3H3,(H,37,38,39). The Morgan fingerprint density at radius 3 is 2.33 bits per heavy atom. The Labute approximate surface area is 257 Å². The summed E-state index contributed by atoms with van der Waals surface area (Å²) in [5, 5.41) is 3.57. The summed E-state index contributed by atoms with van der Waals surface area (Å²) in [6, 6.07) is 24.4. The number of fused-ring (bicyclic) bond motifs is 1. The number of hydrogen-bond acceptors (Lipinski definition) is 7. The number of nitrogens with zero attached hydrogens (tertiary/aromatic N) is 4. The van der Waals surface area contributed by atoms with Crippen molar-refractivity contribution in [3.05, 3.63) is 101 Å². The summed E-state index contributed by atoms with van der Waals surface area (Å²) in [5.41, 5.74) is 5.64. The molecule has 0 amide bonds. The van der Waals surface area contributed by atoms with Gasteiger partial charge in [-0.25, -0.2) is 4.98 Å². The summed E-state index contributed by atoms with van der Waals surface area (Å²) in [6.07, 6.45) is 4.72. The van der Waals surface area contributed by atoms with Gasteiger partial charge in [-0.05, 0) is 68.7 Å². The van der Waals surface area contributed by atoms with Gasteiger partial charge in [0.1, 0.15) is 42.1 Å². The zero-order valence-electron chi connectivity index (χ0n) is 24.7. The van der Waals surface area contributed by atoms with E-state index < -0.39 is 0 Å². The van der Waals surface area contributed by atoms with E-state index in [1.165, 1.54) is 29.5 Å². The number of rotatable bonds is 11. The van der Waals surface area contributed by atoms with Crippen LogP contribution in [-0.4, -0.2) is 38.3 Å². The quantitative estimate of drug-likeness (QED) is 0.154. The number of ether oxygens (including phenoxy) is 3. The topological polar surface area (TPSA) is 83.3 Å². The number of halogens is 1. The lowest BCUT2D eigenvalue weighted by Gasteiger charge is -2.20. The van der Waals surface area contributed by atoms with Crippen molar-refractivity contribution in [2.24, 2.45) is 0 Å². The molecule has 1 saturated heterocycles. The Bertz CT molecular complexity index is 1660. The zero-order valence-corrected chi connectivity index (χ0v) is 25.4.